The van der Waals surface area contributed by atoms with Crippen LogP contribution in [0.1, 0.15) is 16.7 Å². The van der Waals surface area contributed by atoms with Gasteiger partial charge in [-0.25, -0.2) is 8.42 Å². The van der Waals surface area contributed by atoms with Crippen molar-refractivity contribution in [3.63, 3.8) is 0 Å². The SMILES string of the molecule is Cc1ccc(S(=O)(=O)N(CC(=O)Nc2ccc(Cl)cc2C(F)(F)F)c2cccc(C(F)(F)F)c2)cc1. The van der Waals surface area contributed by atoms with Crippen LogP contribution in [0.4, 0.5) is 37.7 Å². The van der Waals surface area contributed by atoms with Gasteiger partial charge in [0.1, 0.15) is 6.54 Å². The zero-order valence-electron chi connectivity index (χ0n) is 18.3. The molecule has 0 heterocycles. The van der Waals surface area contributed by atoms with Crippen molar-refractivity contribution >= 4 is 38.9 Å². The molecule has 0 fully saturated rings. The van der Waals surface area contributed by atoms with Crippen LogP contribution in [-0.2, 0) is 27.2 Å². The highest BCUT2D eigenvalue weighted by Gasteiger charge is 2.36. The van der Waals surface area contributed by atoms with Crippen molar-refractivity contribution in [1.29, 1.82) is 0 Å². The van der Waals surface area contributed by atoms with Gasteiger partial charge in [-0.2, -0.15) is 26.3 Å². The molecule has 0 saturated carbocycles. The molecule has 5 nitrogen and oxygen atoms in total. The van der Waals surface area contributed by atoms with Crippen molar-refractivity contribution < 1.29 is 39.6 Å². The first-order valence-corrected chi connectivity index (χ1v) is 11.8. The summed E-state index contributed by atoms with van der Waals surface area (Å²) in [6.45, 7) is 0.566. The lowest BCUT2D eigenvalue weighted by Crippen LogP contribution is -2.38. The minimum absolute atomic E-state index is 0.257. The van der Waals surface area contributed by atoms with Crippen LogP contribution in [0.3, 0.4) is 0 Å². The molecule has 0 saturated heterocycles. The number of amides is 1. The summed E-state index contributed by atoms with van der Waals surface area (Å²) in [5.74, 6) is -1.23. The Balaban J connectivity index is 2.04. The first kappa shape index (κ1) is 27.3. The zero-order valence-corrected chi connectivity index (χ0v) is 19.9. The molecule has 36 heavy (non-hydrogen) atoms. The number of hydrogen-bond donors (Lipinski definition) is 1. The molecule has 1 amide bonds. The van der Waals surface area contributed by atoms with E-state index in [0.29, 0.717) is 28.1 Å². The summed E-state index contributed by atoms with van der Waals surface area (Å²) in [6, 6.07) is 11.1. The van der Waals surface area contributed by atoms with E-state index in [1.165, 1.54) is 24.3 Å². The van der Waals surface area contributed by atoms with Gasteiger partial charge in [0.05, 0.1) is 27.4 Å². The summed E-state index contributed by atoms with van der Waals surface area (Å²) < 4.78 is 107. The van der Waals surface area contributed by atoms with Gasteiger partial charge in [0.25, 0.3) is 10.0 Å². The second kappa shape index (κ2) is 10.0. The van der Waals surface area contributed by atoms with Crippen molar-refractivity contribution in [1.82, 2.24) is 0 Å². The van der Waals surface area contributed by atoms with E-state index in [2.05, 4.69) is 0 Å². The highest BCUT2D eigenvalue weighted by atomic mass is 35.5. The molecule has 0 spiro atoms. The minimum Gasteiger partial charge on any atom is -0.324 e. The summed E-state index contributed by atoms with van der Waals surface area (Å²) in [5.41, 5.74) is -2.97. The van der Waals surface area contributed by atoms with E-state index in [9.17, 15) is 39.6 Å². The fourth-order valence-electron chi connectivity index (χ4n) is 3.17. The van der Waals surface area contributed by atoms with Gasteiger partial charge in [0.15, 0.2) is 0 Å². The fraction of sp³-hybridized carbons (Fsp3) is 0.174. The summed E-state index contributed by atoms with van der Waals surface area (Å²) in [4.78, 5) is 12.4. The maximum absolute atomic E-state index is 13.4. The van der Waals surface area contributed by atoms with E-state index < -0.39 is 57.3 Å². The number of halogens is 7. The van der Waals surface area contributed by atoms with Crippen molar-refractivity contribution in [3.05, 3.63) is 88.4 Å². The number of aryl methyl sites for hydroxylation is 1. The summed E-state index contributed by atoms with van der Waals surface area (Å²) in [6.07, 6.45) is -9.72. The lowest BCUT2D eigenvalue weighted by molar-refractivity contribution is -0.138. The highest BCUT2D eigenvalue weighted by Crippen LogP contribution is 2.37. The number of alkyl halides is 6. The standard InChI is InChI=1S/C23H17ClF6N2O3S/c1-14-5-8-18(9-6-14)36(34,35)32(17-4-2-3-15(11-17)22(25,26)27)13-21(33)31-20-10-7-16(24)12-19(20)23(28,29)30/h2-12H,13H2,1H3,(H,31,33). The number of sulfonamides is 1. The molecule has 0 atom stereocenters. The smallest absolute Gasteiger partial charge is 0.324 e. The van der Waals surface area contributed by atoms with Gasteiger partial charge in [-0.3, -0.25) is 9.10 Å². The van der Waals surface area contributed by atoms with E-state index >= 15 is 0 Å². The van der Waals surface area contributed by atoms with Crippen LogP contribution in [0, 0.1) is 6.92 Å². The second-order valence-corrected chi connectivity index (χ2v) is 9.91. The quantitative estimate of drug-likeness (QED) is 0.355. The van der Waals surface area contributed by atoms with E-state index in [0.717, 1.165) is 24.3 Å². The predicted octanol–water partition coefficient (Wildman–Crippen LogP) is 6.52. The lowest BCUT2D eigenvalue weighted by Gasteiger charge is -2.25. The largest absolute Gasteiger partial charge is 0.418 e. The molecule has 0 aromatic heterocycles. The summed E-state index contributed by atoms with van der Waals surface area (Å²) >= 11 is 5.62. The molecule has 0 bridgehead atoms. The number of hydrogen-bond acceptors (Lipinski definition) is 3. The normalized spacial score (nSPS) is 12.3. The zero-order chi connectivity index (χ0) is 26.9. The number of nitrogens with one attached hydrogen (secondary N) is 1. The molecule has 3 aromatic carbocycles. The van der Waals surface area contributed by atoms with Crippen LogP contribution in [0.15, 0.2) is 71.6 Å². The van der Waals surface area contributed by atoms with Crippen LogP contribution in [0.25, 0.3) is 0 Å². The highest BCUT2D eigenvalue weighted by molar-refractivity contribution is 7.92. The Morgan fingerprint density at radius 3 is 2.14 bits per heavy atom. The molecule has 0 aliphatic heterocycles. The van der Waals surface area contributed by atoms with Gasteiger partial charge in [-0.05, 0) is 55.5 Å². The van der Waals surface area contributed by atoms with Crippen molar-refractivity contribution in [3.8, 4) is 0 Å². The molecule has 3 aromatic rings. The molecule has 0 aliphatic rings. The van der Waals surface area contributed by atoms with Gasteiger partial charge < -0.3 is 5.32 Å². The van der Waals surface area contributed by atoms with Gasteiger partial charge in [0.2, 0.25) is 5.91 Å². The molecule has 0 unspecified atom stereocenters. The summed E-state index contributed by atoms with van der Waals surface area (Å²) in [5, 5.41) is 1.72. The van der Waals surface area contributed by atoms with Crippen LogP contribution >= 0.6 is 11.6 Å². The maximum Gasteiger partial charge on any atom is 0.418 e. The Bertz CT molecular complexity index is 1370. The van der Waals surface area contributed by atoms with Gasteiger partial charge in [0, 0.05) is 5.02 Å². The van der Waals surface area contributed by atoms with Gasteiger partial charge in [-0.1, -0.05) is 35.4 Å². The fourth-order valence-corrected chi connectivity index (χ4v) is 4.75. The van der Waals surface area contributed by atoms with Crippen molar-refractivity contribution in [2.24, 2.45) is 0 Å². The average Bonchev–Trinajstić information content (AvgIpc) is 2.77. The average molecular weight is 551 g/mol. The molecular weight excluding hydrogens is 534 g/mol. The number of benzene rings is 3. The Kier molecular flexibility index (Phi) is 7.61. The Labute approximate surface area is 207 Å². The Morgan fingerprint density at radius 1 is 0.917 bits per heavy atom. The Morgan fingerprint density at radius 2 is 1.56 bits per heavy atom. The van der Waals surface area contributed by atoms with E-state index in [1.54, 1.807) is 6.92 Å². The molecular formula is C23H17ClF6N2O3S. The lowest BCUT2D eigenvalue weighted by atomic mass is 10.1. The first-order valence-electron chi connectivity index (χ1n) is 10.0. The molecule has 0 aliphatic carbocycles. The molecule has 3 rings (SSSR count). The minimum atomic E-state index is -4.90. The second-order valence-electron chi connectivity index (χ2n) is 7.61. The van der Waals surface area contributed by atoms with Crippen LogP contribution in [0.2, 0.25) is 5.02 Å². The van der Waals surface area contributed by atoms with Crippen LogP contribution in [0.5, 0.6) is 0 Å². The van der Waals surface area contributed by atoms with Gasteiger partial charge >= 0.3 is 12.4 Å². The van der Waals surface area contributed by atoms with Crippen LogP contribution < -0.4 is 9.62 Å². The maximum atomic E-state index is 13.4. The predicted molar refractivity (Wildman–Crippen MR) is 122 cm³/mol. The third kappa shape index (κ3) is 6.30. The molecule has 1 N–H and O–H groups in total. The number of nitrogens with zero attached hydrogens (tertiary/aromatic N) is 1. The third-order valence-corrected chi connectivity index (χ3v) is 6.94. The van der Waals surface area contributed by atoms with Crippen molar-refractivity contribution in [2.75, 3.05) is 16.2 Å². The number of anilines is 2. The van der Waals surface area contributed by atoms with E-state index in [1.807, 2.05) is 5.32 Å². The molecule has 13 heteroatoms. The molecule has 0 radical (unpaired) electrons. The first-order chi connectivity index (χ1) is 16.6. The monoisotopic (exact) mass is 550 g/mol. The number of carbonyl (C=O) groups is 1. The van der Waals surface area contributed by atoms with Gasteiger partial charge in [-0.15, -0.1) is 0 Å². The summed E-state index contributed by atoms with van der Waals surface area (Å²) in [7, 11) is -4.60. The number of carbonyl (C=O) groups excluding carboxylic acids is 1. The van der Waals surface area contributed by atoms with E-state index in [-0.39, 0.29) is 9.92 Å². The van der Waals surface area contributed by atoms with Crippen molar-refractivity contribution in [2.45, 2.75) is 24.2 Å². The molecule has 192 valence electrons. The van der Waals surface area contributed by atoms with E-state index in [4.69, 9.17) is 11.6 Å². The third-order valence-electron chi connectivity index (χ3n) is 4.92. The van der Waals surface area contributed by atoms with Crippen LogP contribution in [-0.4, -0.2) is 20.9 Å². The topological polar surface area (TPSA) is 66.5 Å². The Hall–Kier alpha value is -3.25. The number of rotatable bonds is 6.